The van der Waals surface area contributed by atoms with Gasteiger partial charge in [0.2, 0.25) is 0 Å². The van der Waals surface area contributed by atoms with Crippen molar-refractivity contribution >= 4 is 11.7 Å². The molecule has 140 valence electrons. The van der Waals surface area contributed by atoms with Gasteiger partial charge in [-0.1, -0.05) is 31.4 Å². The molecule has 1 aliphatic rings. The van der Waals surface area contributed by atoms with E-state index in [1.54, 1.807) is 42.6 Å². The van der Waals surface area contributed by atoms with Crippen molar-refractivity contribution in [3.63, 3.8) is 0 Å². The molecule has 0 spiro atoms. The van der Waals surface area contributed by atoms with E-state index in [1.807, 2.05) is 6.07 Å². The first-order valence-electron chi connectivity index (χ1n) is 9.26. The third-order valence-electron chi connectivity index (χ3n) is 4.59. The predicted molar refractivity (Wildman–Crippen MR) is 102 cm³/mol. The third-order valence-corrected chi connectivity index (χ3v) is 4.59. The van der Waals surface area contributed by atoms with E-state index in [-0.39, 0.29) is 12.5 Å². The van der Waals surface area contributed by atoms with Crippen molar-refractivity contribution in [3.05, 3.63) is 48.2 Å². The van der Waals surface area contributed by atoms with Crippen LogP contribution in [0.4, 0.5) is 5.82 Å². The quantitative estimate of drug-likeness (QED) is 0.804. The molecule has 1 aromatic heterocycles. The number of anilines is 1. The fourth-order valence-corrected chi connectivity index (χ4v) is 3.16. The number of nitriles is 1. The lowest BCUT2D eigenvalue weighted by Crippen LogP contribution is -2.22. The first kappa shape index (κ1) is 18.7. The molecule has 2 aromatic rings. The summed E-state index contributed by atoms with van der Waals surface area (Å²) in [7, 11) is 0. The zero-order valence-electron chi connectivity index (χ0n) is 15.2. The Morgan fingerprint density at radius 2 is 1.89 bits per heavy atom. The molecule has 0 unspecified atom stereocenters. The molecule has 3 rings (SSSR count). The van der Waals surface area contributed by atoms with Crippen LogP contribution in [-0.2, 0) is 4.79 Å². The molecule has 1 saturated carbocycles. The smallest absolute Gasteiger partial charge is 0.263 e. The van der Waals surface area contributed by atoms with E-state index in [0.29, 0.717) is 35.4 Å². The van der Waals surface area contributed by atoms with Crippen molar-refractivity contribution in [2.75, 3.05) is 18.5 Å². The van der Waals surface area contributed by atoms with Gasteiger partial charge in [0.1, 0.15) is 11.8 Å². The molecule has 1 fully saturated rings. The van der Waals surface area contributed by atoms with Crippen LogP contribution < -0.4 is 14.8 Å². The van der Waals surface area contributed by atoms with Crippen LogP contribution in [0.15, 0.2) is 42.6 Å². The Bertz CT molecular complexity index is 810. The second-order valence-corrected chi connectivity index (χ2v) is 6.61. The van der Waals surface area contributed by atoms with Crippen LogP contribution in [0, 0.1) is 17.2 Å². The molecule has 0 saturated heterocycles. The van der Waals surface area contributed by atoms with Gasteiger partial charge in [0.25, 0.3) is 5.91 Å². The summed E-state index contributed by atoms with van der Waals surface area (Å²) in [5.41, 5.74) is 0.389. The van der Waals surface area contributed by atoms with E-state index in [9.17, 15) is 4.79 Å². The first-order chi connectivity index (χ1) is 13.3. The van der Waals surface area contributed by atoms with Crippen LogP contribution in [-0.4, -0.2) is 24.1 Å². The topological polar surface area (TPSA) is 84.2 Å². The lowest BCUT2D eigenvalue weighted by Gasteiger charge is -2.22. The minimum absolute atomic E-state index is 0.211. The van der Waals surface area contributed by atoms with Gasteiger partial charge in [0, 0.05) is 6.20 Å². The summed E-state index contributed by atoms with van der Waals surface area (Å²) < 4.78 is 11.4. The first-order valence-corrected chi connectivity index (χ1v) is 9.26. The Morgan fingerprint density at radius 1 is 1.11 bits per heavy atom. The Kier molecular flexibility index (Phi) is 6.64. The largest absolute Gasteiger partial charge is 0.489 e. The SMILES string of the molecule is N#Cc1ccccc1OCC(=O)Nc1ncccc1OCC1CCCCC1. The second kappa shape index (κ2) is 9.58. The molecule has 6 nitrogen and oxygen atoms in total. The summed E-state index contributed by atoms with van der Waals surface area (Å²) in [6, 6.07) is 12.4. The molecular formula is C21H23N3O3. The molecule has 0 bridgehead atoms. The zero-order chi connectivity index (χ0) is 18.9. The maximum Gasteiger partial charge on any atom is 0.263 e. The molecule has 0 aliphatic heterocycles. The Hall–Kier alpha value is -3.07. The van der Waals surface area contributed by atoms with Gasteiger partial charge in [-0.15, -0.1) is 0 Å². The van der Waals surface area contributed by atoms with Crippen LogP contribution >= 0.6 is 0 Å². The number of carbonyl (C=O) groups excluding carboxylic acids is 1. The highest BCUT2D eigenvalue weighted by molar-refractivity contribution is 5.92. The number of hydrogen-bond acceptors (Lipinski definition) is 5. The molecule has 1 heterocycles. The van der Waals surface area contributed by atoms with Crippen LogP contribution in [0.25, 0.3) is 0 Å². The highest BCUT2D eigenvalue weighted by Crippen LogP contribution is 2.27. The molecule has 27 heavy (non-hydrogen) atoms. The van der Waals surface area contributed by atoms with Crippen LogP contribution in [0.3, 0.4) is 0 Å². The van der Waals surface area contributed by atoms with Crippen molar-refractivity contribution in [2.45, 2.75) is 32.1 Å². The zero-order valence-corrected chi connectivity index (χ0v) is 15.2. The number of rotatable bonds is 7. The lowest BCUT2D eigenvalue weighted by atomic mass is 9.90. The molecular weight excluding hydrogens is 342 g/mol. The fraction of sp³-hybridized carbons (Fsp3) is 0.381. The highest BCUT2D eigenvalue weighted by atomic mass is 16.5. The standard InChI is InChI=1S/C21H23N3O3/c22-13-17-9-4-5-10-18(17)27-15-20(25)24-21-19(11-6-12-23-21)26-14-16-7-2-1-3-8-16/h4-6,9-12,16H,1-3,7-8,14-15H2,(H,23,24,25). The molecule has 1 amide bonds. The Labute approximate surface area is 159 Å². The van der Waals surface area contributed by atoms with Crippen molar-refractivity contribution in [1.29, 1.82) is 5.26 Å². The number of carbonyl (C=O) groups is 1. The summed E-state index contributed by atoms with van der Waals surface area (Å²) in [5.74, 6) is 1.53. The minimum Gasteiger partial charge on any atom is -0.489 e. The monoisotopic (exact) mass is 365 g/mol. The van der Waals surface area contributed by atoms with Gasteiger partial charge in [0.05, 0.1) is 12.2 Å². The molecule has 1 N–H and O–H groups in total. The van der Waals surface area contributed by atoms with Gasteiger partial charge < -0.3 is 14.8 Å². The molecule has 0 radical (unpaired) electrons. The molecule has 6 heteroatoms. The number of hydrogen-bond donors (Lipinski definition) is 1. The summed E-state index contributed by atoms with van der Waals surface area (Å²) in [4.78, 5) is 16.4. The summed E-state index contributed by atoms with van der Waals surface area (Å²) in [6.07, 6.45) is 7.80. The maximum absolute atomic E-state index is 12.2. The molecule has 1 aliphatic carbocycles. The van der Waals surface area contributed by atoms with E-state index in [4.69, 9.17) is 14.7 Å². The molecule has 1 aromatic carbocycles. The number of nitrogens with one attached hydrogen (secondary N) is 1. The van der Waals surface area contributed by atoms with E-state index < -0.39 is 0 Å². The van der Waals surface area contributed by atoms with E-state index >= 15 is 0 Å². The highest BCUT2D eigenvalue weighted by Gasteiger charge is 2.16. The van der Waals surface area contributed by atoms with E-state index in [0.717, 1.165) is 0 Å². The van der Waals surface area contributed by atoms with Crippen molar-refractivity contribution in [1.82, 2.24) is 4.98 Å². The number of nitrogens with zero attached hydrogens (tertiary/aromatic N) is 2. The normalized spacial score (nSPS) is 14.2. The van der Waals surface area contributed by atoms with Crippen molar-refractivity contribution < 1.29 is 14.3 Å². The minimum atomic E-state index is -0.357. The van der Waals surface area contributed by atoms with Crippen LogP contribution in [0.5, 0.6) is 11.5 Å². The number of pyridine rings is 1. The Balaban J connectivity index is 1.55. The second-order valence-electron chi connectivity index (χ2n) is 6.61. The van der Waals surface area contributed by atoms with Crippen molar-refractivity contribution in [2.24, 2.45) is 5.92 Å². The number of ether oxygens (including phenoxy) is 2. The van der Waals surface area contributed by atoms with E-state index in [1.165, 1.54) is 32.1 Å². The summed E-state index contributed by atoms with van der Waals surface area (Å²) in [6.45, 7) is 0.429. The number of aromatic nitrogens is 1. The number of benzene rings is 1. The molecule has 0 atom stereocenters. The van der Waals surface area contributed by atoms with Gasteiger partial charge in [-0.05, 0) is 43.0 Å². The van der Waals surface area contributed by atoms with Crippen molar-refractivity contribution in [3.8, 4) is 17.6 Å². The van der Waals surface area contributed by atoms with Gasteiger partial charge in [-0.3, -0.25) is 4.79 Å². The van der Waals surface area contributed by atoms with Gasteiger partial charge in [0.15, 0.2) is 18.2 Å². The number of amides is 1. The maximum atomic E-state index is 12.2. The van der Waals surface area contributed by atoms with Gasteiger partial charge in [-0.25, -0.2) is 4.98 Å². The van der Waals surface area contributed by atoms with Gasteiger partial charge in [-0.2, -0.15) is 5.26 Å². The average molecular weight is 365 g/mol. The summed E-state index contributed by atoms with van der Waals surface area (Å²) in [5, 5.41) is 11.8. The van der Waals surface area contributed by atoms with Crippen LogP contribution in [0.2, 0.25) is 0 Å². The Morgan fingerprint density at radius 3 is 2.70 bits per heavy atom. The summed E-state index contributed by atoms with van der Waals surface area (Å²) >= 11 is 0. The predicted octanol–water partition coefficient (Wildman–Crippen LogP) is 3.93. The average Bonchev–Trinajstić information content (AvgIpc) is 2.72. The van der Waals surface area contributed by atoms with Crippen LogP contribution in [0.1, 0.15) is 37.7 Å². The lowest BCUT2D eigenvalue weighted by molar-refractivity contribution is -0.118. The van der Waals surface area contributed by atoms with Gasteiger partial charge >= 0.3 is 0 Å². The fourth-order valence-electron chi connectivity index (χ4n) is 3.16. The van der Waals surface area contributed by atoms with E-state index in [2.05, 4.69) is 10.3 Å². The number of para-hydroxylation sites is 1. The third kappa shape index (κ3) is 5.45.